The van der Waals surface area contributed by atoms with E-state index in [1.54, 1.807) is 4.90 Å². The van der Waals surface area contributed by atoms with E-state index in [9.17, 15) is 4.79 Å². The van der Waals surface area contributed by atoms with Crippen molar-refractivity contribution in [2.75, 3.05) is 24.5 Å². The number of carbonyl (C=O) groups is 1. The zero-order valence-electron chi connectivity index (χ0n) is 15.4. The third kappa shape index (κ3) is 4.19. The van der Waals surface area contributed by atoms with Gasteiger partial charge in [-0.3, -0.25) is 4.79 Å². The predicted molar refractivity (Wildman–Crippen MR) is 113 cm³/mol. The lowest BCUT2D eigenvalue weighted by Crippen LogP contribution is -2.48. The molecule has 0 bridgehead atoms. The molecule has 4 rings (SSSR count). The summed E-state index contributed by atoms with van der Waals surface area (Å²) in [7, 11) is 0. The van der Waals surface area contributed by atoms with Gasteiger partial charge in [0.25, 0.3) is 0 Å². The molecule has 0 saturated carbocycles. The van der Waals surface area contributed by atoms with E-state index in [4.69, 9.17) is 16.3 Å². The summed E-state index contributed by atoms with van der Waals surface area (Å²) in [5.74, 6) is 0.833. The van der Waals surface area contributed by atoms with Crippen LogP contribution >= 0.6 is 11.6 Å². The van der Waals surface area contributed by atoms with E-state index in [-0.39, 0.29) is 5.91 Å². The summed E-state index contributed by atoms with van der Waals surface area (Å²) >= 11 is 6.24. The molecule has 1 saturated heterocycles. The van der Waals surface area contributed by atoms with Crippen LogP contribution in [0.4, 0.5) is 5.69 Å². The molecule has 5 heteroatoms. The van der Waals surface area contributed by atoms with Gasteiger partial charge in [-0.05, 0) is 35.4 Å². The molecule has 3 aromatic rings. The molecule has 1 heterocycles. The zero-order chi connectivity index (χ0) is 19.3. The van der Waals surface area contributed by atoms with Crippen molar-refractivity contribution in [3.63, 3.8) is 0 Å². The first kappa shape index (κ1) is 18.5. The van der Waals surface area contributed by atoms with E-state index in [1.807, 2.05) is 72.8 Å². The SMILES string of the molecule is O=C1CNCCN1c1cc(Cl)ccc1-c1cccc(OCc2ccccc2)c1. The Morgan fingerprint density at radius 1 is 1.00 bits per heavy atom. The molecule has 0 atom stereocenters. The molecule has 1 N–H and O–H groups in total. The molecule has 1 amide bonds. The Hall–Kier alpha value is -2.82. The van der Waals surface area contributed by atoms with Gasteiger partial charge in [0.1, 0.15) is 12.4 Å². The van der Waals surface area contributed by atoms with Crippen LogP contribution in [0.25, 0.3) is 11.1 Å². The first-order chi connectivity index (χ1) is 13.7. The van der Waals surface area contributed by atoms with E-state index < -0.39 is 0 Å². The summed E-state index contributed by atoms with van der Waals surface area (Å²) in [5, 5.41) is 3.72. The number of nitrogens with zero attached hydrogens (tertiary/aromatic N) is 1. The van der Waals surface area contributed by atoms with Crippen LogP contribution in [-0.2, 0) is 11.4 Å². The van der Waals surface area contributed by atoms with Crippen molar-refractivity contribution in [1.82, 2.24) is 5.32 Å². The molecule has 1 fully saturated rings. The molecule has 142 valence electrons. The van der Waals surface area contributed by atoms with Crippen molar-refractivity contribution < 1.29 is 9.53 Å². The number of hydrogen-bond acceptors (Lipinski definition) is 3. The largest absolute Gasteiger partial charge is 0.489 e. The van der Waals surface area contributed by atoms with Crippen LogP contribution in [0.5, 0.6) is 5.75 Å². The number of hydrogen-bond donors (Lipinski definition) is 1. The Morgan fingerprint density at radius 3 is 2.68 bits per heavy atom. The number of halogens is 1. The Bertz CT molecular complexity index is 975. The first-order valence-electron chi connectivity index (χ1n) is 9.28. The van der Waals surface area contributed by atoms with Gasteiger partial charge in [-0.15, -0.1) is 0 Å². The minimum atomic E-state index is 0.0475. The van der Waals surface area contributed by atoms with Gasteiger partial charge in [0, 0.05) is 23.7 Å². The molecule has 0 spiro atoms. The fraction of sp³-hybridized carbons (Fsp3) is 0.174. The van der Waals surface area contributed by atoms with Crippen molar-refractivity contribution in [3.8, 4) is 16.9 Å². The zero-order valence-corrected chi connectivity index (χ0v) is 16.2. The molecule has 1 aliphatic rings. The lowest BCUT2D eigenvalue weighted by atomic mass is 10.0. The Kier molecular flexibility index (Phi) is 5.60. The van der Waals surface area contributed by atoms with Crippen molar-refractivity contribution in [3.05, 3.63) is 83.4 Å². The second-order valence-corrected chi connectivity index (χ2v) is 7.12. The number of rotatable bonds is 5. The second kappa shape index (κ2) is 8.46. The van der Waals surface area contributed by atoms with Gasteiger partial charge in [0.15, 0.2) is 0 Å². The van der Waals surface area contributed by atoms with E-state index >= 15 is 0 Å². The van der Waals surface area contributed by atoms with Gasteiger partial charge in [0.2, 0.25) is 5.91 Å². The highest BCUT2D eigenvalue weighted by Crippen LogP contribution is 2.35. The molecule has 4 nitrogen and oxygen atoms in total. The van der Waals surface area contributed by atoms with Crippen LogP contribution in [0.3, 0.4) is 0 Å². The van der Waals surface area contributed by atoms with E-state index in [1.165, 1.54) is 0 Å². The topological polar surface area (TPSA) is 41.6 Å². The maximum absolute atomic E-state index is 12.4. The molecule has 0 aromatic heterocycles. The number of nitrogens with one attached hydrogen (secondary N) is 1. The van der Waals surface area contributed by atoms with E-state index in [0.29, 0.717) is 24.7 Å². The summed E-state index contributed by atoms with van der Waals surface area (Å²) < 4.78 is 5.97. The Balaban J connectivity index is 1.63. The van der Waals surface area contributed by atoms with Crippen LogP contribution in [0, 0.1) is 0 Å². The van der Waals surface area contributed by atoms with E-state index in [0.717, 1.165) is 34.7 Å². The van der Waals surface area contributed by atoms with Gasteiger partial charge in [0.05, 0.1) is 12.2 Å². The minimum Gasteiger partial charge on any atom is -0.489 e. The highest BCUT2D eigenvalue weighted by Gasteiger charge is 2.22. The number of carbonyl (C=O) groups excluding carboxylic acids is 1. The Morgan fingerprint density at radius 2 is 1.86 bits per heavy atom. The van der Waals surface area contributed by atoms with Gasteiger partial charge >= 0.3 is 0 Å². The summed E-state index contributed by atoms with van der Waals surface area (Å²) in [6.07, 6.45) is 0. The first-order valence-corrected chi connectivity index (χ1v) is 9.66. The summed E-state index contributed by atoms with van der Waals surface area (Å²) in [4.78, 5) is 14.2. The standard InChI is InChI=1S/C23H21ClN2O2/c24-19-9-10-21(22(14-19)26-12-11-25-15-23(26)27)18-7-4-8-20(13-18)28-16-17-5-2-1-3-6-17/h1-10,13-14,25H,11-12,15-16H2. The van der Waals surface area contributed by atoms with Gasteiger partial charge < -0.3 is 15.0 Å². The number of ether oxygens (including phenoxy) is 1. The number of anilines is 1. The molecule has 1 aliphatic heterocycles. The smallest absolute Gasteiger partial charge is 0.241 e. The molecule has 28 heavy (non-hydrogen) atoms. The number of benzene rings is 3. The molecular formula is C23H21ClN2O2. The number of amides is 1. The minimum absolute atomic E-state index is 0.0475. The van der Waals surface area contributed by atoms with Crippen LogP contribution in [-0.4, -0.2) is 25.5 Å². The van der Waals surface area contributed by atoms with Crippen LogP contribution in [0.15, 0.2) is 72.8 Å². The van der Waals surface area contributed by atoms with Crippen molar-refractivity contribution in [2.45, 2.75) is 6.61 Å². The van der Waals surface area contributed by atoms with Crippen LogP contribution in [0.1, 0.15) is 5.56 Å². The van der Waals surface area contributed by atoms with E-state index in [2.05, 4.69) is 5.32 Å². The lowest BCUT2D eigenvalue weighted by molar-refractivity contribution is -0.118. The average Bonchev–Trinajstić information content (AvgIpc) is 2.73. The monoisotopic (exact) mass is 392 g/mol. The second-order valence-electron chi connectivity index (χ2n) is 6.69. The lowest BCUT2D eigenvalue weighted by Gasteiger charge is -2.29. The molecular weight excluding hydrogens is 372 g/mol. The average molecular weight is 393 g/mol. The van der Waals surface area contributed by atoms with Gasteiger partial charge in [-0.2, -0.15) is 0 Å². The maximum Gasteiger partial charge on any atom is 0.241 e. The normalized spacial score (nSPS) is 14.2. The molecule has 0 unspecified atom stereocenters. The van der Waals surface area contributed by atoms with Gasteiger partial charge in [-0.1, -0.05) is 60.1 Å². The highest BCUT2D eigenvalue weighted by molar-refractivity contribution is 6.31. The molecule has 0 aliphatic carbocycles. The van der Waals surface area contributed by atoms with Crippen molar-refractivity contribution in [1.29, 1.82) is 0 Å². The molecule has 3 aromatic carbocycles. The highest BCUT2D eigenvalue weighted by atomic mass is 35.5. The Labute approximate surface area is 169 Å². The maximum atomic E-state index is 12.4. The summed E-state index contributed by atoms with van der Waals surface area (Å²) in [6, 6.07) is 23.7. The fourth-order valence-corrected chi connectivity index (χ4v) is 3.49. The number of piperazine rings is 1. The summed E-state index contributed by atoms with van der Waals surface area (Å²) in [5.41, 5.74) is 3.90. The third-order valence-corrected chi connectivity index (χ3v) is 4.97. The van der Waals surface area contributed by atoms with Crippen molar-refractivity contribution >= 4 is 23.2 Å². The summed E-state index contributed by atoms with van der Waals surface area (Å²) in [6.45, 7) is 2.23. The fourth-order valence-electron chi connectivity index (χ4n) is 3.33. The molecule has 0 radical (unpaired) electrons. The predicted octanol–water partition coefficient (Wildman–Crippen LogP) is 4.52. The van der Waals surface area contributed by atoms with Crippen LogP contribution in [0.2, 0.25) is 5.02 Å². The van der Waals surface area contributed by atoms with Crippen molar-refractivity contribution in [2.24, 2.45) is 0 Å². The van der Waals surface area contributed by atoms with Crippen LogP contribution < -0.4 is 15.0 Å². The van der Waals surface area contributed by atoms with Gasteiger partial charge in [-0.25, -0.2) is 0 Å². The third-order valence-electron chi connectivity index (χ3n) is 4.73. The quantitative estimate of drug-likeness (QED) is 0.694.